The van der Waals surface area contributed by atoms with Crippen LogP contribution in [0.2, 0.25) is 0 Å². The summed E-state index contributed by atoms with van der Waals surface area (Å²) >= 11 is 0. The van der Waals surface area contributed by atoms with E-state index < -0.39 is 0 Å². The number of piperidine rings is 1. The van der Waals surface area contributed by atoms with Crippen LogP contribution in [0.25, 0.3) is 0 Å². The number of phenolic OH excluding ortho intramolecular Hbond substituents is 1. The summed E-state index contributed by atoms with van der Waals surface area (Å²) in [6.07, 6.45) is 3.53. The Balaban J connectivity index is 1.29. The van der Waals surface area contributed by atoms with Crippen molar-refractivity contribution in [3.63, 3.8) is 0 Å². The van der Waals surface area contributed by atoms with Crippen molar-refractivity contribution in [3.05, 3.63) is 53.6 Å². The molecule has 0 radical (unpaired) electrons. The number of likely N-dealkylation sites (tertiary alicyclic amines) is 2. The van der Waals surface area contributed by atoms with Crippen LogP contribution < -0.4 is 9.47 Å². The van der Waals surface area contributed by atoms with E-state index in [-0.39, 0.29) is 36.0 Å². The molecule has 0 bridgehead atoms. The van der Waals surface area contributed by atoms with Gasteiger partial charge >= 0.3 is 0 Å². The second kappa shape index (κ2) is 11.0. The first-order valence-electron chi connectivity index (χ1n) is 12.8. The fourth-order valence-electron chi connectivity index (χ4n) is 5.56. The van der Waals surface area contributed by atoms with Crippen molar-refractivity contribution in [1.82, 2.24) is 9.80 Å². The number of ketones is 1. The maximum Gasteiger partial charge on any atom is 0.154 e. The van der Waals surface area contributed by atoms with Gasteiger partial charge in [-0.3, -0.25) is 19.0 Å². The highest BCUT2D eigenvalue weighted by atomic mass is 19.1. The van der Waals surface area contributed by atoms with E-state index in [1.165, 1.54) is 6.42 Å². The molecule has 5 rings (SSSR count). The zero-order valence-corrected chi connectivity index (χ0v) is 20.2. The summed E-state index contributed by atoms with van der Waals surface area (Å²) in [4.78, 5) is 17.9. The SMILES string of the molecule is O=C(CN1CCCCC1)C1COc2cc(O)ccc2C1c1ccc(OCCN2CC(CF)C2)cc1. The first-order valence-corrected chi connectivity index (χ1v) is 12.8. The van der Waals surface area contributed by atoms with Crippen LogP contribution in [0.3, 0.4) is 0 Å². The Labute approximate surface area is 206 Å². The van der Waals surface area contributed by atoms with Gasteiger partial charge in [0.15, 0.2) is 5.78 Å². The van der Waals surface area contributed by atoms with Crippen molar-refractivity contribution in [2.75, 3.05) is 59.2 Å². The van der Waals surface area contributed by atoms with Crippen LogP contribution in [0.1, 0.15) is 36.3 Å². The van der Waals surface area contributed by atoms with Crippen molar-refractivity contribution in [2.45, 2.75) is 25.2 Å². The Bertz CT molecular complexity index is 1000. The van der Waals surface area contributed by atoms with E-state index in [0.29, 0.717) is 25.5 Å². The highest BCUT2D eigenvalue weighted by Crippen LogP contribution is 2.43. The molecule has 2 aromatic rings. The van der Waals surface area contributed by atoms with Crippen molar-refractivity contribution in [1.29, 1.82) is 0 Å². The number of fused-ring (bicyclic) bond motifs is 1. The summed E-state index contributed by atoms with van der Waals surface area (Å²) in [6.45, 7) is 5.46. The summed E-state index contributed by atoms with van der Waals surface area (Å²) in [7, 11) is 0. The third-order valence-electron chi connectivity index (χ3n) is 7.56. The minimum atomic E-state index is -0.282. The predicted octanol–water partition coefficient (Wildman–Crippen LogP) is 3.87. The predicted molar refractivity (Wildman–Crippen MR) is 132 cm³/mol. The number of hydrogen-bond acceptors (Lipinski definition) is 6. The van der Waals surface area contributed by atoms with Crippen molar-refractivity contribution in [3.8, 4) is 17.2 Å². The molecule has 0 aliphatic carbocycles. The standard InChI is InChI=1S/C28H35FN2O4/c29-15-20-16-31(17-20)12-13-34-23-7-4-21(5-8-23)28-24-9-6-22(32)14-27(24)35-19-25(28)26(33)18-30-10-2-1-3-11-30/h4-9,14,20,25,28,32H,1-3,10-13,15-19H2. The zero-order valence-electron chi connectivity index (χ0n) is 20.2. The number of alkyl halides is 1. The average molecular weight is 483 g/mol. The maximum atomic E-state index is 13.5. The van der Waals surface area contributed by atoms with E-state index in [9.17, 15) is 14.3 Å². The maximum absolute atomic E-state index is 13.5. The molecule has 2 fully saturated rings. The van der Waals surface area contributed by atoms with Gasteiger partial charge in [0.05, 0.1) is 25.7 Å². The van der Waals surface area contributed by atoms with Crippen LogP contribution in [0, 0.1) is 11.8 Å². The molecule has 3 aliphatic heterocycles. The van der Waals surface area contributed by atoms with Crippen LogP contribution in [0.15, 0.2) is 42.5 Å². The molecular weight excluding hydrogens is 447 g/mol. The van der Waals surface area contributed by atoms with Gasteiger partial charge in [-0.1, -0.05) is 24.6 Å². The lowest BCUT2D eigenvalue weighted by Crippen LogP contribution is -2.49. The largest absolute Gasteiger partial charge is 0.508 e. The van der Waals surface area contributed by atoms with Crippen LogP contribution >= 0.6 is 0 Å². The molecule has 0 saturated carbocycles. The van der Waals surface area contributed by atoms with E-state index in [1.54, 1.807) is 12.1 Å². The summed E-state index contributed by atoms with van der Waals surface area (Å²) < 4.78 is 24.5. The second-order valence-corrected chi connectivity index (χ2v) is 10.1. The number of aromatic hydroxyl groups is 1. The Morgan fingerprint density at radius 3 is 2.57 bits per heavy atom. The van der Waals surface area contributed by atoms with Crippen LogP contribution in [0.5, 0.6) is 17.2 Å². The Kier molecular flexibility index (Phi) is 7.54. The molecule has 2 atom stereocenters. The number of carbonyl (C=O) groups is 1. The molecule has 2 aromatic carbocycles. The number of carbonyl (C=O) groups excluding carboxylic acids is 1. The number of hydrogen-bond donors (Lipinski definition) is 1. The molecule has 7 heteroatoms. The molecule has 3 aliphatic rings. The molecule has 6 nitrogen and oxygen atoms in total. The van der Waals surface area contributed by atoms with Crippen molar-refractivity contribution < 1.29 is 23.8 Å². The third-order valence-corrected chi connectivity index (χ3v) is 7.56. The number of halogens is 1. The van der Waals surface area contributed by atoms with Gasteiger partial charge in [-0.25, -0.2) is 0 Å². The smallest absolute Gasteiger partial charge is 0.154 e. The number of benzene rings is 2. The lowest BCUT2D eigenvalue weighted by molar-refractivity contribution is -0.126. The van der Waals surface area contributed by atoms with Gasteiger partial charge in [0.25, 0.3) is 0 Å². The van der Waals surface area contributed by atoms with Crippen molar-refractivity contribution >= 4 is 5.78 Å². The highest BCUT2D eigenvalue weighted by Gasteiger charge is 2.37. The van der Waals surface area contributed by atoms with Gasteiger partial charge in [0.1, 0.15) is 23.9 Å². The van der Waals surface area contributed by atoms with Gasteiger partial charge in [-0.05, 0) is 49.7 Å². The number of phenols is 1. The third kappa shape index (κ3) is 5.62. The van der Waals surface area contributed by atoms with E-state index in [1.807, 2.05) is 30.3 Å². The molecule has 188 valence electrons. The topological polar surface area (TPSA) is 62.2 Å². The van der Waals surface area contributed by atoms with Gasteiger partial charge < -0.3 is 14.6 Å². The summed E-state index contributed by atoms with van der Waals surface area (Å²) in [6, 6.07) is 13.1. The molecule has 35 heavy (non-hydrogen) atoms. The van der Waals surface area contributed by atoms with Crippen LogP contribution in [0.4, 0.5) is 4.39 Å². The molecule has 2 saturated heterocycles. The average Bonchev–Trinajstić information content (AvgIpc) is 2.85. The van der Waals surface area contributed by atoms with E-state index >= 15 is 0 Å². The summed E-state index contributed by atoms with van der Waals surface area (Å²) in [5.74, 6) is 1.55. The Hall–Kier alpha value is -2.64. The molecule has 0 spiro atoms. The minimum Gasteiger partial charge on any atom is -0.508 e. The first-order chi connectivity index (χ1) is 17.1. The van der Waals surface area contributed by atoms with Gasteiger partial charge in [-0.15, -0.1) is 0 Å². The fourth-order valence-corrected chi connectivity index (χ4v) is 5.56. The minimum absolute atomic E-state index is 0.135. The number of rotatable bonds is 9. The zero-order chi connectivity index (χ0) is 24.2. The quantitative estimate of drug-likeness (QED) is 0.586. The van der Waals surface area contributed by atoms with Gasteiger partial charge in [0.2, 0.25) is 0 Å². The van der Waals surface area contributed by atoms with Gasteiger partial charge in [0, 0.05) is 43.1 Å². The van der Waals surface area contributed by atoms with E-state index in [2.05, 4.69) is 9.80 Å². The molecule has 1 N–H and O–H groups in total. The monoisotopic (exact) mass is 482 g/mol. The number of nitrogens with zero attached hydrogens (tertiary/aromatic N) is 2. The van der Waals surface area contributed by atoms with Crippen LogP contribution in [-0.4, -0.2) is 79.8 Å². The molecule has 2 unspecified atom stereocenters. The highest BCUT2D eigenvalue weighted by molar-refractivity contribution is 5.85. The van der Waals surface area contributed by atoms with E-state index in [4.69, 9.17) is 9.47 Å². The number of ether oxygens (including phenoxy) is 2. The molecule has 3 heterocycles. The molecular formula is C28H35FN2O4. The summed E-state index contributed by atoms with van der Waals surface area (Å²) in [5.41, 5.74) is 1.97. The number of Topliss-reactive ketones (excluding diaryl/α,β-unsaturated/α-hetero) is 1. The van der Waals surface area contributed by atoms with E-state index in [0.717, 1.165) is 62.4 Å². The van der Waals surface area contributed by atoms with Crippen molar-refractivity contribution in [2.24, 2.45) is 11.8 Å². The first kappa shape index (κ1) is 24.1. The van der Waals surface area contributed by atoms with Gasteiger partial charge in [-0.2, -0.15) is 0 Å². The van der Waals surface area contributed by atoms with Crippen LogP contribution in [-0.2, 0) is 4.79 Å². The normalized spacial score (nSPS) is 23.2. The summed E-state index contributed by atoms with van der Waals surface area (Å²) in [5, 5.41) is 9.95. The Morgan fingerprint density at radius 1 is 1.06 bits per heavy atom. The second-order valence-electron chi connectivity index (χ2n) is 10.1. The lowest BCUT2D eigenvalue weighted by Gasteiger charge is -2.37. The fraction of sp³-hybridized carbons (Fsp3) is 0.536. The lowest BCUT2D eigenvalue weighted by atomic mass is 9.77. The molecule has 0 amide bonds. The molecule has 0 aromatic heterocycles. The Morgan fingerprint density at radius 2 is 1.83 bits per heavy atom.